The Bertz CT molecular complexity index is 668. The number of alkyl halides is 2. The Morgan fingerprint density at radius 3 is 2.62 bits per heavy atom. The molecule has 0 aliphatic heterocycles. The van der Waals surface area contributed by atoms with Gasteiger partial charge in [0.25, 0.3) is 0 Å². The van der Waals surface area contributed by atoms with Crippen molar-refractivity contribution in [2.45, 2.75) is 13.2 Å². The van der Waals surface area contributed by atoms with E-state index >= 15 is 0 Å². The summed E-state index contributed by atoms with van der Waals surface area (Å²) in [6.07, 6.45) is 0. The second-order valence-electron chi connectivity index (χ2n) is 4.15. The van der Waals surface area contributed by atoms with Crippen molar-refractivity contribution in [2.24, 2.45) is 0 Å². The van der Waals surface area contributed by atoms with Gasteiger partial charge in [-0.2, -0.15) is 14.0 Å². The van der Waals surface area contributed by atoms with E-state index in [4.69, 9.17) is 5.26 Å². The zero-order valence-electron chi connectivity index (χ0n) is 10.8. The van der Waals surface area contributed by atoms with E-state index in [1.165, 1.54) is 18.2 Å². The van der Waals surface area contributed by atoms with Gasteiger partial charge < -0.3 is 10.1 Å². The molecule has 0 atom stereocenters. The number of benzene rings is 2. The minimum Gasteiger partial charge on any atom is -0.433 e. The van der Waals surface area contributed by atoms with Gasteiger partial charge in [0.2, 0.25) is 0 Å². The van der Waals surface area contributed by atoms with Crippen molar-refractivity contribution in [1.29, 1.82) is 5.26 Å². The molecule has 6 heteroatoms. The topological polar surface area (TPSA) is 45.0 Å². The van der Waals surface area contributed by atoms with Crippen molar-refractivity contribution in [3.8, 4) is 11.8 Å². The van der Waals surface area contributed by atoms with E-state index in [2.05, 4.69) is 10.1 Å². The molecule has 0 bridgehead atoms. The van der Waals surface area contributed by atoms with Crippen molar-refractivity contribution in [2.75, 3.05) is 5.32 Å². The molecule has 3 nitrogen and oxygen atoms in total. The van der Waals surface area contributed by atoms with Gasteiger partial charge in [-0.05, 0) is 24.3 Å². The SMILES string of the molecule is N#Cc1ccc(CNc2ccccc2OC(F)F)c(F)c1. The number of rotatable bonds is 5. The molecule has 2 aromatic rings. The molecule has 0 saturated carbocycles. The molecule has 0 saturated heterocycles. The van der Waals surface area contributed by atoms with Gasteiger partial charge in [0, 0.05) is 12.1 Å². The number of halogens is 3. The van der Waals surface area contributed by atoms with Crippen LogP contribution in [0.15, 0.2) is 42.5 Å². The van der Waals surface area contributed by atoms with Gasteiger partial charge in [0.15, 0.2) is 0 Å². The molecule has 0 aliphatic carbocycles. The van der Waals surface area contributed by atoms with Crippen LogP contribution >= 0.6 is 0 Å². The maximum absolute atomic E-state index is 13.7. The van der Waals surface area contributed by atoms with Crippen LogP contribution in [-0.4, -0.2) is 6.61 Å². The summed E-state index contributed by atoms with van der Waals surface area (Å²) < 4.78 is 42.6. The summed E-state index contributed by atoms with van der Waals surface area (Å²) in [5, 5.41) is 11.5. The molecular weight excluding hydrogens is 281 g/mol. The lowest BCUT2D eigenvalue weighted by Crippen LogP contribution is -2.07. The highest BCUT2D eigenvalue weighted by atomic mass is 19.3. The van der Waals surface area contributed by atoms with Crippen LogP contribution in [0.4, 0.5) is 18.9 Å². The maximum atomic E-state index is 13.7. The minimum atomic E-state index is -2.93. The van der Waals surface area contributed by atoms with E-state index in [0.717, 1.165) is 6.07 Å². The average molecular weight is 292 g/mol. The molecule has 0 amide bonds. The lowest BCUT2D eigenvalue weighted by atomic mass is 10.1. The number of nitriles is 1. The quantitative estimate of drug-likeness (QED) is 0.908. The second-order valence-corrected chi connectivity index (χ2v) is 4.15. The number of hydrogen-bond acceptors (Lipinski definition) is 3. The number of nitrogens with zero attached hydrogens (tertiary/aromatic N) is 1. The van der Waals surface area contributed by atoms with Crippen molar-refractivity contribution >= 4 is 5.69 Å². The summed E-state index contributed by atoms with van der Waals surface area (Å²) in [4.78, 5) is 0. The first-order valence-corrected chi connectivity index (χ1v) is 6.06. The number of para-hydroxylation sites is 2. The Labute approximate surface area is 119 Å². The molecule has 0 radical (unpaired) electrons. The first-order valence-electron chi connectivity index (χ1n) is 6.06. The first-order chi connectivity index (χ1) is 10.1. The Morgan fingerprint density at radius 2 is 1.95 bits per heavy atom. The van der Waals surface area contributed by atoms with Crippen LogP contribution < -0.4 is 10.1 Å². The van der Waals surface area contributed by atoms with Crippen molar-refractivity contribution in [1.82, 2.24) is 0 Å². The molecule has 0 aromatic heterocycles. The highest BCUT2D eigenvalue weighted by molar-refractivity contribution is 5.56. The molecule has 0 fully saturated rings. The lowest BCUT2D eigenvalue weighted by Gasteiger charge is -2.13. The average Bonchev–Trinajstić information content (AvgIpc) is 2.46. The third-order valence-electron chi connectivity index (χ3n) is 2.75. The Kier molecular flexibility index (Phi) is 4.67. The fourth-order valence-corrected chi connectivity index (χ4v) is 1.76. The van der Waals surface area contributed by atoms with Gasteiger partial charge in [-0.1, -0.05) is 18.2 Å². The molecule has 108 valence electrons. The van der Waals surface area contributed by atoms with Gasteiger partial charge in [0.1, 0.15) is 11.6 Å². The van der Waals surface area contributed by atoms with E-state index in [-0.39, 0.29) is 17.9 Å². The summed E-state index contributed by atoms with van der Waals surface area (Å²) in [7, 11) is 0. The van der Waals surface area contributed by atoms with E-state index in [1.807, 2.05) is 6.07 Å². The molecule has 2 rings (SSSR count). The Hall–Kier alpha value is -2.68. The molecular formula is C15H11F3N2O. The molecule has 0 unspecified atom stereocenters. The van der Waals surface area contributed by atoms with E-state index < -0.39 is 12.4 Å². The molecule has 0 spiro atoms. The number of ether oxygens (including phenoxy) is 1. The van der Waals surface area contributed by atoms with Crippen molar-refractivity contribution in [3.05, 3.63) is 59.4 Å². The summed E-state index contributed by atoms with van der Waals surface area (Å²) in [5.41, 5.74) is 0.875. The van der Waals surface area contributed by atoms with Gasteiger partial charge >= 0.3 is 6.61 Å². The molecule has 0 heterocycles. The Morgan fingerprint density at radius 1 is 1.19 bits per heavy atom. The van der Waals surface area contributed by atoms with E-state index in [0.29, 0.717) is 11.3 Å². The third kappa shape index (κ3) is 3.89. The van der Waals surface area contributed by atoms with Crippen molar-refractivity contribution in [3.63, 3.8) is 0 Å². The minimum absolute atomic E-state index is 0.0125. The summed E-state index contributed by atoms with van der Waals surface area (Å²) in [6, 6.07) is 12.1. The van der Waals surface area contributed by atoms with Gasteiger partial charge in [-0.25, -0.2) is 4.39 Å². The van der Waals surface area contributed by atoms with Crippen LogP contribution in [-0.2, 0) is 6.54 Å². The van der Waals surface area contributed by atoms with Crippen LogP contribution in [0.3, 0.4) is 0 Å². The molecule has 2 aromatic carbocycles. The molecule has 1 N–H and O–H groups in total. The standard InChI is InChI=1S/C15H11F3N2O/c16-12-7-10(8-19)5-6-11(12)9-20-13-3-1-2-4-14(13)21-15(17)18/h1-7,15,20H,9H2. The molecule has 21 heavy (non-hydrogen) atoms. The van der Waals surface area contributed by atoms with Crippen LogP contribution in [0, 0.1) is 17.1 Å². The zero-order chi connectivity index (χ0) is 15.2. The highest BCUT2D eigenvalue weighted by Crippen LogP contribution is 2.26. The summed E-state index contributed by atoms with van der Waals surface area (Å²) in [5.74, 6) is -0.546. The fraction of sp³-hybridized carbons (Fsp3) is 0.133. The Balaban J connectivity index is 2.12. The fourth-order valence-electron chi connectivity index (χ4n) is 1.76. The van der Waals surface area contributed by atoms with Gasteiger partial charge in [-0.15, -0.1) is 0 Å². The van der Waals surface area contributed by atoms with Crippen LogP contribution in [0.1, 0.15) is 11.1 Å². The monoisotopic (exact) mass is 292 g/mol. The largest absolute Gasteiger partial charge is 0.433 e. The summed E-state index contributed by atoms with van der Waals surface area (Å²) in [6.45, 7) is -2.85. The van der Waals surface area contributed by atoms with Gasteiger partial charge in [-0.3, -0.25) is 0 Å². The zero-order valence-corrected chi connectivity index (χ0v) is 10.8. The molecule has 0 aliphatic rings. The van der Waals surface area contributed by atoms with E-state index in [9.17, 15) is 13.2 Å². The number of hydrogen-bond donors (Lipinski definition) is 1. The van der Waals surface area contributed by atoms with Crippen LogP contribution in [0.2, 0.25) is 0 Å². The van der Waals surface area contributed by atoms with E-state index in [1.54, 1.807) is 18.2 Å². The summed E-state index contributed by atoms with van der Waals surface area (Å²) >= 11 is 0. The number of nitrogens with one attached hydrogen (secondary N) is 1. The predicted molar refractivity (Wildman–Crippen MR) is 71.5 cm³/mol. The maximum Gasteiger partial charge on any atom is 0.387 e. The number of anilines is 1. The van der Waals surface area contributed by atoms with Crippen molar-refractivity contribution < 1.29 is 17.9 Å². The first kappa shape index (κ1) is 14.7. The third-order valence-corrected chi connectivity index (χ3v) is 2.75. The van der Waals surface area contributed by atoms with Gasteiger partial charge in [0.05, 0.1) is 17.3 Å². The smallest absolute Gasteiger partial charge is 0.387 e. The van der Waals surface area contributed by atoms with Crippen LogP contribution in [0.25, 0.3) is 0 Å². The second kappa shape index (κ2) is 6.66. The predicted octanol–water partition coefficient (Wildman–Crippen LogP) is 3.91. The normalized spacial score (nSPS) is 10.2. The lowest BCUT2D eigenvalue weighted by molar-refractivity contribution is -0.0493. The highest BCUT2D eigenvalue weighted by Gasteiger charge is 2.10. The van der Waals surface area contributed by atoms with Crippen LogP contribution in [0.5, 0.6) is 5.75 Å².